The Morgan fingerprint density at radius 2 is 2.35 bits per heavy atom. The Labute approximate surface area is 102 Å². The minimum Gasteiger partial charge on any atom is -0.395 e. The molecule has 1 aliphatic rings. The summed E-state index contributed by atoms with van der Waals surface area (Å²) in [5.74, 6) is 0.748. The maximum absolute atomic E-state index is 9.05. The molecule has 94 valence electrons. The van der Waals surface area contributed by atoms with Gasteiger partial charge in [0.15, 0.2) is 0 Å². The molecule has 2 heterocycles. The van der Waals surface area contributed by atoms with Crippen LogP contribution in [0, 0.1) is 0 Å². The molecule has 0 spiro atoms. The van der Waals surface area contributed by atoms with E-state index in [4.69, 9.17) is 5.11 Å². The van der Waals surface area contributed by atoms with Crippen molar-refractivity contribution >= 4 is 5.95 Å². The summed E-state index contributed by atoms with van der Waals surface area (Å²) in [4.78, 5) is 13.0. The number of β-amino-alcohol motifs (C(OH)–C–C–N with tert-alkyl or cyclic N) is 1. The van der Waals surface area contributed by atoms with Crippen molar-refractivity contribution in [2.45, 2.75) is 18.9 Å². The lowest BCUT2D eigenvalue weighted by Crippen LogP contribution is -2.27. The molecule has 1 N–H and O–H groups in total. The number of likely N-dealkylation sites (tertiary alicyclic amines) is 1. The topological polar surface area (TPSA) is 52.5 Å². The molecule has 0 bridgehead atoms. The minimum atomic E-state index is 0.210. The van der Waals surface area contributed by atoms with Crippen LogP contribution in [-0.2, 0) is 0 Å². The van der Waals surface area contributed by atoms with Crippen LogP contribution in [0.4, 0.5) is 5.95 Å². The van der Waals surface area contributed by atoms with E-state index in [0.717, 1.165) is 31.2 Å². The summed E-state index contributed by atoms with van der Waals surface area (Å²) in [6, 6.07) is 2.32. The van der Waals surface area contributed by atoms with E-state index in [1.807, 2.05) is 31.3 Å². The largest absolute Gasteiger partial charge is 0.395 e. The molecule has 0 saturated carbocycles. The van der Waals surface area contributed by atoms with Gasteiger partial charge in [-0.1, -0.05) is 0 Å². The lowest BCUT2D eigenvalue weighted by molar-refractivity contribution is 0.183. The van der Waals surface area contributed by atoms with E-state index in [9.17, 15) is 0 Å². The van der Waals surface area contributed by atoms with Gasteiger partial charge >= 0.3 is 0 Å². The van der Waals surface area contributed by atoms with Crippen molar-refractivity contribution < 1.29 is 5.11 Å². The highest BCUT2D eigenvalue weighted by Gasteiger charge is 2.26. The summed E-state index contributed by atoms with van der Waals surface area (Å²) < 4.78 is 0. The summed E-state index contributed by atoms with van der Waals surface area (Å²) in [6.45, 7) is 1.99. The van der Waals surface area contributed by atoms with Crippen LogP contribution in [0.1, 0.15) is 24.6 Å². The van der Waals surface area contributed by atoms with Crippen molar-refractivity contribution in [2.75, 3.05) is 38.7 Å². The fourth-order valence-electron chi connectivity index (χ4n) is 2.32. The number of hydrogen-bond donors (Lipinski definition) is 1. The van der Waals surface area contributed by atoms with E-state index in [1.165, 1.54) is 6.42 Å². The molecule has 0 unspecified atom stereocenters. The van der Waals surface area contributed by atoms with Crippen molar-refractivity contribution in [1.82, 2.24) is 14.9 Å². The van der Waals surface area contributed by atoms with Crippen LogP contribution in [0.3, 0.4) is 0 Å². The average molecular weight is 236 g/mol. The predicted molar refractivity (Wildman–Crippen MR) is 67.0 cm³/mol. The minimum absolute atomic E-state index is 0.210. The smallest absolute Gasteiger partial charge is 0.225 e. The monoisotopic (exact) mass is 236 g/mol. The Morgan fingerprint density at radius 3 is 3.06 bits per heavy atom. The first-order valence-electron chi connectivity index (χ1n) is 6.07. The summed E-state index contributed by atoms with van der Waals surface area (Å²) in [6.07, 6.45) is 4.10. The summed E-state index contributed by atoms with van der Waals surface area (Å²) in [7, 11) is 3.89. The van der Waals surface area contributed by atoms with E-state index >= 15 is 0 Å². The summed E-state index contributed by atoms with van der Waals surface area (Å²) in [5, 5.41) is 9.05. The predicted octanol–water partition coefficient (Wildman–Crippen LogP) is 0.672. The van der Waals surface area contributed by atoms with Crippen molar-refractivity contribution in [3.05, 3.63) is 18.0 Å². The lowest BCUT2D eigenvalue weighted by atomic mass is 10.1. The van der Waals surface area contributed by atoms with Gasteiger partial charge in [0.1, 0.15) is 0 Å². The second-order valence-corrected chi connectivity index (χ2v) is 4.59. The SMILES string of the molecule is CN(C)c1nccc([C@H]2CCCN2CCO)n1. The summed E-state index contributed by atoms with van der Waals surface area (Å²) in [5.41, 5.74) is 1.06. The fraction of sp³-hybridized carbons (Fsp3) is 0.667. The van der Waals surface area contributed by atoms with Crippen LogP contribution >= 0.6 is 0 Å². The molecule has 1 aliphatic heterocycles. The molecule has 17 heavy (non-hydrogen) atoms. The maximum atomic E-state index is 9.05. The van der Waals surface area contributed by atoms with Crippen molar-refractivity contribution in [3.63, 3.8) is 0 Å². The molecule has 5 nitrogen and oxygen atoms in total. The molecule has 0 radical (unpaired) electrons. The third-order valence-electron chi connectivity index (χ3n) is 3.16. The molecule has 5 heteroatoms. The van der Waals surface area contributed by atoms with Gasteiger partial charge in [0.25, 0.3) is 0 Å². The first-order chi connectivity index (χ1) is 8.22. The Bertz CT molecular complexity index is 369. The van der Waals surface area contributed by atoms with Gasteiger partial charge < -0.3 is 10.0 Å². The molecule has 0 aliphatic carbocycles. The van der Waals surface area contributed by atoms with E-state index < -0.39 is 0 Å². The van der Waals surface area contributed by atoms with Gasteiger partial charge in [-0.05, 0) is 25.5 Å². The van der Waals surface area contributed by atoms with Crippen LogP contribution in [0.15, 0.2) is 12.3 Å². The summed E-state index contributed by atoms with van der Waals surface area (Å²) >= 11 is 0. The number of nitrogens with zero attached hydrogens (tertiary/aromatic N) is 4. The zero-order valence-corrected chi connectivity index (χ0v) is 10.5. The molecule has 1 atom stereocenters. The van der Waals surface area contributed by atoms with Gasteiger partial charge in [0.05, 0.1) is 18.3 Å². The Balaban J connectivity index is 2.18. The zero-order valence-electron chi connectivity index (χ0n) is 10.5. The molecule has 1 fully saturated rings. The number of rotatable bonds is 4. The van der Waals surface area contributed by atoms with Crippen molar-refractivity contribution in [3.8, 4) is 0 Å². The molecule has 1 aromatic rings. The van der Waals surface area contributed by atoms with Crippen molar-refractivity contribution in [2.24, 2.45) is 0 Å². The standard InChI is InChI=1S/C12H20N4O/c1-15(2)12-13-6-5-10(14-12)11-4-3-7-16(11)8-9-17/h5-6,11,17H,3-4,7-9H2,1-2H3/t11-/m1/s1. The van der Waals surface area contributed by atoms with Crippen LogP contribution in [0.5, 0.6) is 0 Å². The second-order valence-electron chi connectivity index (χ2n) is 4.59. The second kappa shape index (κ2) is 5.42. The molecule has 0 amide bonds. The van der Waals surface area contributed by atoms with Gasteiger partial charge in [-0.2, -0.15) is 0 Å². The molecule has 2 rings (SSSR count). The van der Waals surface area contributed by atoms with Crippen LogP contribution in [-0.4, -0.2) is 53.8 Å². The maximum Gasteiger partial charge on any atom is 0.225 e. The number of hydrogen-bond acceptors (Lipinski definition) is 5. The van der Waals surface area contributed by atoms with Gasteiger partial charge in [-0.15, -0.1) is 0 Å². The quantitative estimate of drug-likeness (QED) is 0.833. The number of aliphatic hydroxyl groups is 1. The number of aliphatic hydroxyl groups excluding tert-OH is 1. The molecule has 0 aromatic carbocycles. The normalized spacial score (nSPS) is 20.8. The van der Waals surface area contributed by atoms with E-state index in [-0.39, 0.29) is 6.61 Å². The first kappa shape index (κ1) is 12.3. The Morgan fingerprint density at radius 1 is 1.53 bits per heavy atom. The Hall–Kier alpha value is -1.20. The highest BCUT2D eigenvalue weighted by atomic mass is 16.3. The highest BCUT2D eigenvalue weighted by Crippen LogP contribution is 2.30. The Kier molecular flexibility index (Phi) is 3.91. The highest BCUT2D eigenvalue weighted by molar-refractivity contribution is 5.28. The van der Waals surface area contributed by atoms with Crippen LogP contribution in [0.2, 0.25) is 0 Å². The molecule has 1 aromatic heterocycles. The van der Waals surface area contributed by atoms with Gasteiger partial charge in [-0.25, -0.2) is 9.97 Å². The average Bonchev–Trinajstić information content (AvgIpc) is 2.78. The fourth-order valence-corrected chi connectivity index (χ4v) is 2.32. The van der Waals surface area contributed by atoms with E-state index in [0.29, 0.717) is 6.04 Å². The third kappa shape index (κ3) is 2.73. The third-order valence-corrected chi connectivity index (χ3v) is 3.16. The van der Waals surface area contributed by atoms with Gasteiger partial charge in [-0.3, -0.25) is 4.90 Å². The first-order valence-corrected chi connectivity index (χ1v) is 6.07. The molecular formula is C12H20N4O. The lowest BCUT2D eigenvalue weighted by Gasteiger charge is -2.23. The number of anilines is 1. The molecular weight excluding hydrogens is 216 g/mol. The van der Waals surface area contributed by atoms with E-state index in [2.05, 4.69) is 14.9 Å². The number of aromatic nitrogens is 2. The van der Waals surface area contributed by atoms with E-state index in [1.54, 1.807) is 0 Å². The zero-order chi connectivity index (χ0) is 12.3. The molecule has 1 saturated heterocycles. The van der Waals surface area contributed by atoms with Gasteiger partial charge in [0, 0.05) is 26.8 Å². The van der Waals surface area contributed by atoms with Crippen molar-refractivity contribution in [1.29, 1.82) is 0 Å². The van der Waals surface area contributed by atoms with Crippen LogP contribution in [0.25, 0.3) is 0 Å². The van der Waals surface area contributed by atoms with Crippen LogP contribution < -0.4 is 4.90 Å². The van der Waals surface area contributed by atoms with Gasteiger partial charge in [0.2, 0.25) is 5.95 Å².